The predicted molar refractivity (Wildman–Crippen MR) is 86.0 cm³/mol. The van der Waals surface area contributed by atoms with Crippen molar-refractivity contribution in [3.05, 3.63) is 60.7 Å². The first kappa shape index (κ1) is 14.1. The van der Waals surface area contributed by atoms with Crippen LogP contribution >= 0.6 is 0 Å². The van der Waals surface area contributed by atoms with Crippen molar-refractivity contribution in [1.82, 2.24) is 9.78 Å². The minimum absolute atomic E-state index is 0.112. The highest BCUT2D eigenvalue weighted by atomic mass is 16.5. The number of nitrogens with zero attached hydrogens (tertiary/aromatic N) is 2. The maximum Gasteiger partial charge on any atom is 0.244 e. The van der Waals surface area contributed by atoms with Gasteiger partial charge in [0, 0.05) is 18.1 Å². The Labute approximate surface area is 129 Å². The Morgan fingerprint density at radius 3 is 2.27 bits per heavy atom. The first-order valence-corrected chi connectivity index (χ1v) is 7.00. The smallest absolute Gasteiger partial charge is 0.244 e. The molecule has 1 aromatic heterocycles. The van der Waals surface area contributed by atoms with Gasteiger partial charge in [-0.1, -0.05) is 30.3 Å². The van der Waals surface area contributed by atoms with Gasteiger partial charge in [0.2, 0.25) is 5.91 Å². The highest BCUT2D eigenvalue weighted by molar-refractivity contribution is 5.83. The standard InChI is InChI=1S/C18H16N2O2/c1-13(21)20-18(15-6-4-3-5-7-15)12-17(19-20)14-8-10-16(22-2)11-9-14/h3-12H,1-2H3. The third kappa shape index (κ3) is 2.63. The van der Waals surface area contributed by atoms with Crippen molar-refractivity contribution in [2.75, 3.05) is 7.11 Å². The second-order valence-corrected chi connectivity index (χ2v) is 4.94. The molecule has 0 fully saturated rings. The van der Waals surface area contributed by atoms with Crippen LogP contribution in [0.1, 0.15) is 11.7 Å². The molecule has 22 heavy (non-hydrogen) atoms. The average molecular weight is 292 g/mol. The van der Waals surface area contributed by atoms with E-state index in [1.165, 1.54) is 11.6 Å². The molecular weight excluding hydrogens is 276 g/mol. The van der Waals surface area contributed by atoms with E-state index < -0.39 is 0 Å². The van der Waals surface area contributed by atoms with Crippen LogP contribution in [0.2, 0.25) is 0 Å². The van der Waals surface area contributed by atoms with Crippen LogP contribution in [-0.4, -0.2) is 22.8 Å². The van der Waals surface area contributed by atoms with Crippen LogP contribution in [0.3, 0.4) is 0 Å². The van der Waals surface area contributed by atoms with Crippen LogP contribution in [0.5, 0.6) is 5.75 Å². The van der Waals surface area contributed by atoms with Gasteiger partial charge in [-0.15, -0.1) is 0 Å². The number of aromatic nitrogens is 2. The highest BCUT2D eigenvalue weighted by Crippen LogP contribution is 2.27. The van der Waals surface area contributed by atoms with Gasteiger partial charge in [-0.05, 0) is 30.3 Å². The molecular formula is C18H16N2O2. The van der Waals surface area contributed by atoms with Crippen LogP contribution in [0, 0.1) is 0 Å². The van der Waals surface area contributed by atoms with Gasteiger partial charge in [-0.2, -0.15) is 9.78 Å². The second-order valence-electron chi connectivity index (χ2n) is 4.94. The number of hydrogen-bond acceptors (Lipinski definition) is 3. The summed E-state index contributed by atoms with van der Waals surface area (Å²) in [6, 6.07) is 19.3. The van der Waals surface area contributed by atoms with Gasteiger partial charge >= 0.3 is 0 Å². The molecule has 0 bridgehead atoms. The molecule has 1 heterocycles. The quantitative estimate of drug-likeness (QED) is 0.735. The molecule has 0 unspecified atom stereocenters. The summed E-state index contributed by atoms with van der Waals surface area (Å²) in [5.74, 6) is 0.677. The van der Waals surface area contributed by atoms with Crippen molar-refractivity contribution < 1.29 is 9.53 Å². The largest absolute Gasteiger partial charge is 0.497 e. The fraction of sp³-hybridized carbons (Fsp3) is 0.111. The van der Waals surface area contributed by atoms with Gasteiger partial charge in [0.25, 0.3) is 0 Å². The van der Waals surface area contributed by atoms with Crippen LogP contribution in [-0.2, 0) is 0 Å². The molecule has 0 saturated carbocycles. The molecule has 0 N–H and O–H groups in total. The number of hydrogen-bond donors (Lipinski definition) is 0. The molecule has 0 amide bonds. The lowest BCUT2D eigenvalue weighted by molar-refractivity contribution is 0.0923. The van der Waals surface area contributed by atoms with Crippen LogP contribution < -0.4 is 4.74 Å². The molecule has 0 radical (unpaired) electrons. The Morgan fingerprint density at radius 2 is 1.68 bits per heavy atom. The van der Waals surface area contributed by atoms with E-state index in [0.29, 0.717) is 0 Å². The van der Waals surface area contributed by atoms with Crippen molar-refractivity contribution in [3.8, 4) is 28.3 Å². The van der Waals surface area contributed by atoms with E-state index in [0.717, 1.165) is 28.3 Å². The summed E-state index contributed by atoms with van der Waals surface area (Å²) in [5, 5.41) is 4.44. The van der Waals surface area contributed by atoms with E-state index in [1.807, 2.05) is 60.7 Å². The fourth-order valence-electron chi connectivity index (χ4n) is 2.34. The first-order chi connectivity index (χ1) is 10.7. The van der Waals surface area contributed by atoms with Crippen molar-refractivity contribution in [1.29, 1.82) is 0 Å². The SMILES string of the molecule is COc1ccc(-c2cc(-c3ccccc3)n(C(C)=O)n2)cc1. The maximum absolute atomic E-state index is 11.9. The third-order valence-electron chi connectivity index (χ3n) is 3.46. The van der Waals surface area contributed by atoms with Crippen LogP contribution in [0.25, 0.3) is 22.5 Å². The predicted octanol–water partition coefficient (Wildman–Crippen LogP) is 3.89. The van der Waals surface area contributed by atoms with Gasteiger partial charge < -0.3 is 4.74 Å². The number of carbonyl (C=O) groups is 1. The normalized spacial score (nSPS) is 10.5. The molecule has 0 aliphatic heterocycles. The Bertz CT molecular complexity index is 790. The summed E-state index contributed by atoms with van der Waals surface area (Å²) in [6.45, 7) is 1.51. The minimum Gasteiger partial charge on any atom is -0.497 e. The van der Waals surface area contributed by atoms with E-state index in [1.54, 1.807) is 7.11 Å². The monoisotopic (exact) mass is 292 g/mol. The fourth-order valence-corrected chi connectivity index (χ4v) is 2.34. The molecule has 110 valence electrons. The number of methoxy groups -OCH3 is 1. The lowest BCUT2D eigenvalue weighted by Gasteiger charge is -2.02. The Balaban J connectivity index is 2.08. The van der Waals surface area contributed by atoms with Gasteiger partial charge in [0.15, 0.2) is 0 Å². The number of carbonyl (C=O) groups excluding carboxylic acids is 1. The Kier molecular flexibility index (Phi) is 3.74. The summed E-state index contributed by atoms with van der Waals surface area (Å²) in [6.07, 6.45) is 0. The molecule has 3 aromatic rings. The summed E-state index contributed by atoms with van der Waals surface area (Å²) < 4.78 is 6.60. The molecule has 2 aromatic carbocycles. The summed E-state index contributed by atoms with van der Waals surface area (Å²) in [7, 11) is 1.63. The van der Waals surface area contributed by atoms with Gasteiger partial charge in [0.1, 0.15) is 5.75 Å². The van der Waals surface area contributed by atoms with Crippen LogP contribution in [0.15, 0.2) is 60.7 Å². The molecule has 0 saturated heterocycles. The van der Waals surface area contributed by atoms with Crippen molar-refractivity contribution in [2.45, 2.75) is 6.92 Å². The zero-order chi connectivity index (χ0) is 15.5. The van der Waals surface area contributed by atoms with E-state index in [4.69, 9.17) is 4.74 Å². The van der Waals surface area contributed by atoms with Crippen LogP contribution in [0.4, 0.5) is 0 Å². The zero-order valence-electron chi connectivity index (χ0n) is 12.5. The van der Waals surface area contributed by atoms with Crippen molar-refractivity contribution >= 4 is 5.91 Å². The van der Waals surface area contributed by atoms with E-state index in [-0.39, 0.29) is 5.91 Å². The molecule has 0 atom stereocenters. The van der Waals surface area contributed by atoms with E-state index in [2.05, 4.69) is 5.10 Å². The summed E-state index contributed by atoms with van der Waals surface area (Å²) in [5.41, 5.74) is 3.46. The van der Waals surface area contributed by atoms with E-state index in [9.17, 15) is 4.79 Å². The number of rotatable bonds is 3. The molecule has 0 aliphatic rings. The molecule has 0 spiro atoms. The first-order valence-electron chi connectivity index (χ1n) is 7.00. The number of ether oxygens (including phenoxy) is 1. The van der Waals surface area contributed by atoms with E-state index >= 15 is 0 Å². The van der Waals surface area contributed by atoms with Crippen molar-refractivity contribution in [3.63, 3.8) is 0 Å². The molecule has 4 nitrogen and oxygen atoms in total. The molecule has 4 heteroatoms. The lowest BCUT2D eigenvalue weighted by Crippen LogP contribution is -2.09. The summed E-state index contributed by atoms with van der Waals surface area (Å²) in [4.78, 5) is 11.9. The van der Waals surface area contributed by atoms with Gasteiger partial charge in [-0.25, -0.2) is 0 Å². The molecule has 3 rings (SSSR count). The second kappa shape index (κ2) is 5.85. The topological polar surface area (TPSA) is 44.1 Å². The highest BCUT2D eigenvalue weighted by Gasteiger charge is 2.14. The lowest BCUT2D eigenvalue weighted by atomic mass is 10.1. The zero-order valence-corrected chi connectivity index (χ0v) is 12.5. The third-order valence-corrected chi connectivity index (χ3v) is 3.46. The average Bonchev–Trinajstić information content (AvgIpc) is 3.01. The van der Waals surface area contributed by atoms with Gasteiger partial charge in [-0.3, -0.25) is 4.79 Å². The molecule has 0 aliphatic carbocycles. The Hall–Kier alpha value is -2.88. The Morgan fingerprint density at radius 1 is 1.00 bits per heavy atom. The van der Waals surface area contributed by atoms with Crippen molar-refractivity contribution in [2.24, 2.45) is 0 Å². The maximum atomic E-state index is 11.9. The number of benzene rings is 2. The van der Waals surface area contributed by atoms with Gasteiger partial charge in [0.05, 0.1) is 18.5 Å². The summed E-state index contributed by atoms with van der Waals surface area (Å²) >= 11 is 0. The minimum atomic E-state index is -0.112.